The Kier molecular flexibility index (Phi) is 24.3. The van der Waals surface area contributed by atoms with E-state index in [1.807, 2.05) is 74.5 Å². The number of hydrogen-bond acceptors (Lipinski definition) is 16. The molecule has 0 spiro atoms. The number of fused-ring (bicyclic) bond motifs is 3. The third kappa shape index (κ3) is 18.7. The van der Waals surface area contributed by atoms with E-state index in [2.05, 4.69) is 0 Å². The Hall–Kier alpha value is -7.91. The average Bonchev–Trinajstić information content (AvgIpc) is 0.733. The van der Waals surface area contributed by atoms with Gasteiger partial charge < -0.3 is 0 Å². The second kappa shape index (κ2) is 31.8. The highest BCUT2D eigenvalue weighted by Crippen LogP contribution is 2.58. The van der Waals surface area contributed by atoms with Crippen molar-refractivity contribution in [1.82, 2.24) is 0 Å². The summed E-state index contributed by atoms with van der Waals surface area (Å²) in [7, 11) is -27.5. The maximum absolute atomic E-state index is 12.5. The van der Waals surface area contributed by atoms with Crippen LogP contribution in [0.1, 0.15) is 55.2 Å². The SMILES string of the molecule is CS(=O)(=O)C12CC3CC(CC(C3)C1)C2.CS(=O)(=O)c1ccc(S(=O)(=O)c2ccccc2)cc1.Cc1ccccc1S(=O)(=O)c1ccccc1C.O=S(=O)(CS(=O)(=O)c1ccccc1)c1ccccc1.O=S(=O)(c1ccccc1)c1ccccc1Cl.O=S1(=O)Cc2ccccc2-c2ccccc21. The molecule has 0 amide bonds. The van der Waals surface area contributed by atoms with Crippen LogP contribution in [-0.2, 0) is 84.5 Å². The first kappa shape index (κ1) is 77.3. The van der Waals surface area contributed by atoms with Crippen molar-refractivity contribution in [3.05, 3.63) is 289 Å². The van der Waals surface area contributed by atoms with Gasteiger partial charge >= 0.3 is 0 Å². The minimum absolute atomic E-state index is 0.00880. The normalized spacial score (nSPS) is 18.0. The smallest absolute Gasteiger partial charge is 0.208 e. The summed E-state index contributed by atoms with van der Waals surface area (Å²) in [5, 5.41) is -0.681. The minimum atomic E-state index is -3.85. The van der Waals surface area contributed by atoms with Crippen LogP contribution in [0.5, 0.6) is 0 Å². The third-order valence-electron chi connectivity index (χ3n) is 17.7. The molecule has 16 nitrogen and oxygen atoms in total. The summed E-state index contributed by atoms with van der Waals surface area (Å²) in [4.78, 5) is 1.99. The van der Waals surface area contributed by atoms with Gasteiger partial charge in [0.05, 0.1) is 64.5 Å². The van der Waals surface area contributed by atoms with Crippen molar-refractivity contribution in [3.63, 3.8) is 0 Å². The number of hydrogen-bond donors (Lipinski definition) is 0. The second-order valence-corrected chi connectivity index (χ2v) is 42.0. The monoisotopic (exact) mass is 1530 g/mol. The molecule has 0 radical (unpaired) electrons. The van der Waals surface area contributed by atoms with Gasteiger partial charge in [0.2, 0.25) is 29.5 Å². The van der Waals surface area contributed by atoms with Crippen molar-refractivity contribution in [2.45, 2.75) is 112 Å². The van der Waals surface area contributed by atoms with Crippen LogP contribution in [0.25, 0.3) is 11.1 Å². The Balaban J connectivity index is 0.000000141. The lowest BCUT2D eigenvalue weighted by Crippen LogP contribution is -2.54. The highest BCUT2D eigenvalue weighted by Gasteiger charge is 2.56. The van der Waals surface area contributed by atoms with Crippen molar-refractivity contribution in [2.24, 2.45) is 17.8 Å². The van der Waals surface area contributed by atoms with Crippen molar-refractivity contribution in [3.8, 4) is 11.1 Å². The molecule has 4 aliphatic carbocycles. The molecule has 530 valence electrons. The Morgan fingerprint density at radius 2 is 0.693 bits per heavy atom. The second-order valence-electron chi connectivity index (χ2n) is 25.1. The van der Waals surface area contributed by atoms with Crippen LogP contribution in [-0.4, -0.2) is 89.7 Å². The van der Waals surface area contributed by atoms with E-state index in [0.29, 0.717) is 14.7 Å². The predicted octanol–water partition coefficient (Wildman–Crippen LogP) is 14.8. The molecular weight excluding hydrogens is 1460 g/mol. The molecule has 10 aromatic carbocycles. The zero-order valence-electron chi connectivity index (χ0n) is 55.5. The van der Waals surface area contributed by atoms with Crippen LogP contribution in [0.3, 0.4) is 0 Å². The molecule has 0 saturated heterocycles. The Bertz CT molecular complexity index is 5400. The molecule has 25 heteroatoms. The van der Waals surface area contributed by atoms with Gasteiger partial charge in [-0.05, 0) is 196 Å². The zero-order chi connectivity index (χ0) is 73.2. The van der Waals surface area contributed by atoms with Gasteiger partial charge in [-0.2, -0.15) is 0 Å². The molecule has 0 aromatic heterocycles. The first-order chi connectivity index (χ1) is 47.6. The van der Waals surface area contributed by atoms with E-state index >= 15 is 0 Å². The molecular formula is C76H75ClO16S8. The van der Waals surface area contributed by atoms with Crippen LogP contribution in [0.4, 0.5) is 0 Å². The van der Waals surface area contributed by atoms with Crippen LogP contribution in [0.15, 0.2) is 316 Å². The van der Waals surface area contributed by atoms with Gasteiger partial charge in [0.25, 0.3) is 0 Å². The number of rotatable bonds is 12. The minimum Gasteiger partial charge on any atom is -0.229 e. The number of sulfone groups is 8. The van der Waals surface area contributed by atoms with E-state index in [9.17, 15) is 67.3 Å². The van der Waals surface area contributed by atoms with Crippen molar-refractivity contribution in [1.29, 1.82) is 0 Å². The highest BCUT2D eigenvalue weighted by atomic mass is 35.5. The molecule has 0 N–H and O–H groups in total. The maximum Gasteiger partial charge on any atom is 0.208 e. The lowest BCUT2D eigenvalue weighted by Gasteiger charge is -2.55. The first-order valence-electron chi connectivity index (χ1n) is 31.7. The quantitative estimate of drug-likeness (QED) is 0.110. The number of halogens is 1. The molecule has 0 atom stereocenters. The molecule has 4 fully saturated rings. The molecule has 101 heavy (non-hydrogen) atoms. The fourth-order valence-corrected chi connectivity index (χ4v) is 25.6. The fraction of sp³-hybridized carbons (Fsp3) is 0.211. The van der Waals surface area contributed by atoms with Gasteiger partial charge in [-0.3, -0.25) is 0 Å². The highest BCUT2D eigenvalue weighted by molar-refractivity contribution is 8.08. The molecule has 4 saturated carbocycles. The zero-order valence-corrected chi connectivity index (χ0v) is 62.8. The van der Waals surface area contributed by atoms with E-state index in [1.54, 1.807) is 140 Å². The largest absolute Gasteiger partial charge is 0.229 e. The summed E-state index contributed by atoms with van der Waals surface area (Å²) in [5.41, 5.74) is 4.30. The Labute approximate surface area is 599 Å². The van der Waals surface area contributed by atoms with E-state index in [0.717, 1.165) is 71.1 Å². The van der Waals surface area contributed by atoms with Crippen molar-refractivity contribution < 1.29 is 67.3 Å². The molecule has 10 aromatic rings. The average molecular weight is 1540 g/mol. The standard InChI is InChI=1S/C14H14O2S.2C13H12O4S2.C13H10O2S.C12H9ClO2S.C11H18O2S/c1-11-7-3-5-9-13(11)17(15,16)14-10-6-4-8-12(14)2;1-18(14,15)11-7-9-13(10-8-11)19(16,17)12-5-3-2-4-6-12;14-18(15,12-7-3-1-4-8-12)11-19(16,17)13-9-5-2-6-10-13;14-16(15)9-10-5-1-2-6-11(10)12-7-3-4-8-13(12)16;13-11-8-4-5-9-12(11)16(14,15)10-6-2-1-3-7-10;1-14(12,13)11-5-8-2-9(6-11)4-10(3-8)7-11/h3-10H,1-2H3;2-10H,1H3;1-10H,11H2;1-8H,9H2;1-9H;8-10H,2-7H2,1H3. The lowest BCUT2D eigenvalue weighted by molar-refractivity contribution is 0.0342. The maximum atomic E-state index is 12.5. The molecule has 15 rings (SSSR count). The van der Waals surface area contributed by atoms with Crippen LogP contribution >= 0.6 is 11.6 Å². The Morgan fingerprint density at radius 1 is 0.356 bits per heavy atom. The van der Waals surface area contributed by atoms with Crippen LogP contribution in [0, 0.1) is 31.6 Å². The topological polar surface area (TPSA) is 273 Å². The number of benzene rings is 10. The molecule has 1 aliphatic heterocycles. The van der Waals surface area contributed by atoms with E-state index in [4.69, 9.17) is 11.6 Å². The van der Waals surface area contributed by atoms with Crippen LogP contribution in [0.2, 0.25) is 5.02 Å². The molecule has 1 heterocycles. The third-order valence-corrected chi connectivity index (χ3v) is 33.2. The molecule has 4 bridgehead atoms. The van der Waals surface area contributed by atoms with Crippen LogP contribution < -0.4 is 0 Å². The lowest BCUT2D eigenvalue weighted by atomic mass is 9.56. The first-order valence-corrected chi connectivity index (χ1v) is 45.3. The van der Waals surface area contributed by atoms with Gasteiger partial charge in [-0.25, -0.2) is 67.3 Å². The van der Waals surface area contributed by atoms with E-state index < -0.39 is 83.8 Å². The molecule has 5 aliphatic rings. The summed E-state index contributed by atoms with van der Waals surface area (Å²) < 4.78 is 192. The van der Waals surface area contributed by atoms with E-state index in [-0.39, 0.29) is 49.8 Å². The fourth-order valence-electron chi connectivity index (χ4n) is 13.1. The van der Waals surface area contributed by atoms with Gasteiger partial charge in [-0.15, -0.1) is 0 Å². The van der Waals surface area contributed by atoms with Crippen molar-refractivity contribution >= 4 is 90.3 Å². The van der Waals surface area contributed by atoms with Gasteiger partial charge in [-0.1, -0.05) is 175 Å². The van der Waals surface area contributed by atoms with E-state index in [1.165, 1.54) is 92.2 Å². The Morgan fingerprint density at radius 3 is 1.11 bits per heavy atom. The van der Waals surface area contributed by atoms with Crippen molar-refractivity contribution in [2.75, 3.05) is 17.6 Å². The number of aryl methyl sites for hydroxylation is 2. The summed E-state index contributed by atoms with van der Waals surface area (Å²) >= 11 is 5.88. The van der Waals surface area contributed by atoms with Gasteiger partial charge in [0, 0.05) is 18.1 Å². The summed E-state index contributed by atoms with van der Waals surface area (Å²) in [6.45, 7) is 3.62. The summed E-state index contributed by atoms with van der Waals surface area (Å²) in [5.74, 6) is 2.31. The summed E-state index contributed by atoms with van der Waals surface area (Å²) in [6.07, 6.45) is 9.39. The van der Waals surface area contributed by atoms with Gasteiger partial charge in [0.15, 0.2) is 54.3 Å². The predicted molar refractivity (Wildman–Crippen MR) is 393 cm³/mol. The summed E-state index contributed by atoms with van der Waals surface area (Å²) in [6, 6.07) is 71.9. The van der Waals surface area contributed by atoms with Gasteiger partial charge in [0.1, 0.15) is 0 Å². The molecule has 0 unspecified atom stereocenters.